The van der Waals surface area contributed by atoms with E-state index in [1.165, 1.54) is 16.2 Å². The van der Waals surface area contributed by atoms with E-state index in [0.717, 1.165) is 15.6 Å². The molecule has 7 nitrogen and oxygen atoms in total. The number of furan rings is 1. The van der Waals surface area contributed by atoms with Crippen molar-refractivity contribution < 1.29 is 19.1 Å². The van der Waals surface area contributed by atoms with Gasteiger partial charge in [-0.2, -0.15) is 0 Å². The van der Waals surface area contributed by atoms with E-state index in [1.54, 1.807) is 36.5 Å². The number of amides is 1. The number of hydrogen-bond acceptors (Lipinski definition) is 7. The van der Waals surface area contributed by atoms with E-state index in [1.807, 2.05) is 42.5 Å². The van der Waals surface area contributed by atoms with Crippen LogP contribution in [0.2, 0.25) is 0 Å². The van der Waals surface area contributed by atoms with Gasteiger partial charge in [-0.05, 0) is 36.4 Å². The van der Waals surface area contributed by atoms with Crippen LogP contribution in [0.25, 0.3) is 21.2 Å². The van der Waals surface area contributed by atoms with Gasteiger partial charge in [-0.15, -0.1) is 0 Å². The highest BCUT2D eigenvalue weighted by Crippen LogP contribution is 2.43. The zero-order chi connectivity index (χ0) is 22.5. The lowest BCUT2D eigenvalue weighted by atomic mass is 9.98. The second kappa shape index (κ2) is 7.39. The third-order valence-corrected chi connectivity index (χ3v) is 6.59. The van der Waals surface area contributed by atoms with Gasteiger partial charge in [0, 0.05) is 11.6 Å². The molecule has 1 aliphatic rings. The number of rotatable bonds is 4. The van der Waals surface area contributed by atoms with Gasteiger partial charge in [0.05, 0.1) is 21.5 Å². The van der Waals surface area contributed by atoms with Crippen molar-refractivity contribution in [3.05, 3.63) is 102 Å². The average Bonchev–Trinajstić information content (AvgIpc) is 3.53. The van der Waals surface area contributed by atoms with Crippen LogP contribution in [-0.2, 0) is 4.79 Å². The number of carbonyl (C=O) groups is 2. The Labute approximate surface area is 191 Å². The molecule has 3 aromatic heterocycles. The van der Waals surface area contributed by atoms with Gasteiger partial charge < -0.3 is 9.52 Å². The van der Waals surface area contributed by atoms with Gasteiger partial charge in [0.1, 0.15) is 11.6 Å². The van der Waals surface area contributed by atoms with Gasteiger partial charge in [0.15, 0.2) is 16.7 Å². The monoisotopic (exact) mass is 453 g/mol. The van der Waals surface area contributed by atoms with Crippen LogP contribution in [0.4, 0.5) is 5.13 Å². The molecule has 8 heteroatoms. The molecule has 4 heterocycles. The predicted molar refractivity (Wildman–Crippen MR) is 124 cm³/mol. The fourth-order valence-corrected chi connectivity index (χ4v) is 5.03. The molecule has 1 aliphatic heterocycles. The zero-order valence-corrected chi connectivity index (χ0v) is 17.8. The highest BCUT2D eigenvalue weighted by atomic mass is 32.1. The fourth-order valence-electron chi connectivity index (χ4n) is 4.04. The van der Waals surface area contributed by atoms with E-state index >= 15 is 0 Å². The first-order valence-corrected chi connectivity index (χ1v) is 11.0. The Hall–Kier alpha value is -4.30. The van der Waals surface area contributed by atoms with Gasteiger partial charge in [-0.25, -0.2) is 4.98 Å². The molecule has 1 amide bonds. The summed E-state index contributed by atoms with van der Waals surface area (Å²) in [6.45, 7) is 0. The van der Waals surface area contributed by atoms with Crippen molar-refractivity contribution in [2.75, 3.05) is 4.90 Å². The number of aliphatic hydroxyl groups excluding tert-OH is 1. The molecular weight excluding hydrogens is 438 g/mol. The van der Waals surface area contributed by atoms with Gasteiger partial charge in [0.25, 0.3) is 5.91 Å². The van der Waals surface area contributed by atoms with Crippen LogP contribution in [-0.4, -0.2) is 26.8 Å². The standard InChI is InChI=1S/C25H15N3O4S/c29-22(18-13-14-7-1-3-10-17(14)32-18)20-21(16-9-5-6-12-26-16)28(24(31)23(20)30)25-27-15-8-2-4-11-19(15)33-25/h1-13,21,30H. The molecule has 1 unspecified atom stereocenters. The molecule has 0 aliphatic carbocycles. The van der Waals surface area contributed by atoms with Crippen molar-refractivity contribution in [2.24, 2.45) is 0 Å². The Morgan fingerprint density at radius 3 is 2.61 bits per heavy atom. The number of aromatic nitrogens is 2. The molecule has 6 rings (SSSR count). The number of fused-ring (bicyclic) bond motifs is 2. The quantitative estimate of drug-likeness (QED) is 0.375. The Morgan fingerprint density at radius 1 is 1.03 bits per heavy atom. The summed E-state index contributed by atoms with van der Waals surface area (Å²) in [5.74, 6) is -1.87. The van der Waals surface area contributed by atoms with Crippen molar-refractivity contribution in [2.45, 2.75) is 6.04 Å². The minimum atomic E-state index is -0.944. The van der Waals surface area contributed by atoms with Crippen molar-refractivity contribution in [1.82, 2.24) is 9.97 Å². The third-order valence-electron chi connectivity index (χ3n) is 5.56. The molecule has 5 aromatic rings. The van der Waals surface area contributed by atoms with E-state index < -0.39 is 23.5 Å². The lowest BCUT2D eigenvalue weighted by Crippen LogP contribution is -2.31. The second-order valence-electron chi connectivity index (χ2n) is 7.54. The molecule has 1 atom stereocenters. The smallest absolute Gasteiger partial charge is 0.296 e. The van der Waals surface area contributed by atoms with Gasteiger partial charge >= 0.3 is 0 Å². The van der Waals surface area contributed by atoms with E-state index in [0.29, 0.717) is 16.4 Å². The lowest BCUT2D eigenvalue weighted by Gasteiger charge is -2.23. The number of hydrogen-bond donors (Lipinski definition) is 1. The van der Waals surface area contributed by atoms with Crippen molar-refractivity contribution in [1.29, 1.82) is 0 Å². The van der Waals surface area contributed by atoms with Gasteiger partial charge in [0.2, 0.25) is 5.78 Å². The molecular formula is C25H15N3O4S. The number of thiazole rings is 1. The number of aliphatic hydroxyl groups is 1. The molecule has 2 aromatic carbocycles. The first kappa shape index (κ1) is 19.4. The Morgan fingerprint density at radius 2 is 1.82 bits per heavy atom. The summed E-state index contributed by atoms with van der Waals surface area (Å²) < 4.78 is 6.63. The highest BCUT2D eigenvalue weighted by Gasteiger charge is 2.47. The SMILES string of the molecule is O=C(C1=C(O)C(=O)N(c2nc3ccccc3s2)C1c1ccccn1)c1cc2ccccc2o1. The number of anilines is 1. The lowest BCUT2D eigenvalue weighted by molar-refractivity contribution is -0.117. The number of para-hydroxylation sites is 2. The van der Waals surface area contributed by atoms with Crippen LogP contribution in [0.3, 0.4) is 0 Å². The number of carbonyl (C=O) groups excluding carboxylic acids is 2. The normalized spacial score (nSPS) is 16.3. The maximum atomic E-state index is 13.6. The third kappa shape index (κ3) is 3.03. The first-order valence-electron chi connectivity index (χ1n) is 10.2. The zero-order valence-electron chi connectivity index (χ0n) is 17.0. The van der Waals surface area contributed by atoms with E-state index in [4.69, 9.17) is 4.42 Å². The molecule has 160 valence electrons. The van der Waals surface area contributed by atoms with Crippen molar-refractivity contribution in [3.63, 3.8) is 0 Å². The van der Waals surface area contributed by atoms with E-state index in [9.17, 15) is 14.7 Å². The summed E-state index contributed by atoms with van der Waals surface area (Å²) in [6.07, 6.45) is 1.58. The molecule has 0 bridgehead atoms. The molecule has 0 fully saturated rings. The van der Waals surface area contributed by atoms with Crippen LogP contribution < -0.4 is 4.90 Å². The second-order valence-corrected chi connectivity index (χ2v) is 8.55. The summed E-state index contributed by atoms with van der Waals surface area (Å²) in [6, 6.07) is 20.6. The van der Waals surface area contributed by atoms with Crippen molar-refractivity contribution in [3.8, 4) is 0 Å². The average molecular weight is 453 g/mol. The van der Waals surface area contributed by atoms with Crippen LogP contribution in [0.15, 0.2) is 94.7 Å². The largest absolute Gasteiger partial charge is 0.503 e. The van der Waals surface area contributed by atoms with Crippen LogP contribution in [0.5, 0.6) is 0 Å². The topological polar surface area (TPSA) is 96.5 Å². The van der Waals surface area contributed by atoms with Crippen molar-refractivity contribution >= 4 is 49.3 Å². The first-order chi connectivity index (χ1) is 16.1. The summed E-state index contributed by atoms with van der Waals surface area (Å²) >= 11 is 1.31. The molecule has 1 N–H and O–H groups in total. The maximum Gasteiger partial charge on any atom is 0.296 e. The molecule has 0 spiro atoms. The summed E-state index contributed by atoms with van der Waals surface area (Å²) in [5, 5.41) is 12.0. The Bertz CT molecular complexity index is 1520. The number of benzene rings is 2. The number of nitrogens with zero attached hydrogens (tertiary/aromatic N) is 3. The van der Waals surface area contributed by atoms with E-state index in [2.05, 4.69) is 9.97 Å². The molecule has 0 radical (unpaired) electrons. The molecule has 33 heavy (non-hydrogen) atoms. The Kier molecular flexibility index (Phi) is 4.34. The Balaban J connectivity index is 1.51. The summed E-state index contributed by atoms with van der Waals surface area (Å²) in [7, 11) is 0. The minimum absolute atomic E-state index is 0.0395. The number of pyridine rings is 1. The van der Waals surface area contributed by atoms with Gasteiger partial charge in [-0.3, -0.25) is 19.5 Å². The summed E-state index contributed by atoms with van der Waals surface area (Å²) in [4.78, 5) is 37.1. The molecule has 0 saturated heterocycles. The maximum absolute atomic E-state index is 13.6. The highest BCUT2D eigenvalue weighted by molar-refractivity contribution is 7.22. The molecule has 0 saturated carbocycles. The summed E-state index contributed by atoms with van der Waals surface area (Å²) in [5.41, 5.74) is 1.62. The van der Waals surface area contributed by atoms with Crippen LogP contribution in [0.1, 0.15) is 22.3 Å². The minimum Gasteiger partial charge on any atom is -0.503 e. The van der Waals surface area contributed by atoms with Crippen LogP contribution >= 0.6 is 11.3 Å². The predicted octanol–water partition coefficient (Wildman–Crippen LogP) is 5.22. The fraction of sp³-hybridized carbons (Fsp3) is 0.0400. The van der Waals surface area contributed by atoms with Crippen LogP contribution in [0, 0.1) is 0 Å². The number of ketones is 1. The number of Topliss-reactive ketones (excluding diaryl/α,β-unsaturated/α-hetero) is 1. The van der Waals surface area contributed by atoms with E-state index in [-0.39, 0.29) is 11.3 Å². The van der Waals surface area contributed by atoms with Gasteiger partial charge in [-0.1, -0.05) is 47.7 Å².